The Morgan fingerprint density at radius 1 is 1.19 bits per heavy atom. The number of carbonyl (C=O) groups excluding carboxylic acids is 1. The van der Waals surface area contributed by atoms with E-state index in [1.165, 1.54) is 22.9 Å². The van der Waals surface area contributed by atoms with Crippen molar-refractivity contribution >= 4 is 16.8 Å². The monoisotopic (exact) mass is 420 g/mol. The molecule has 164 valence electrons. The van der Waals surface area contributed by atoms with E-state index in [1.54, 1.807) is 0 Å². The fourth-order valence-electron chi connectivity index (χ4n) is 4.94. The van der Waals surface area contributed by atoms with E-state index >= 15 is 0 Å². The van der Waals surface area contributed by atoms with Gasteiger partial charge in [-0.15, -0.1) is 0 Å². The number of hydrogen-bond acceptors (Lipinski definition) is 3. The van der Waals surface area contributed by atoms with Crippen molar-refractivity contribution in [2.45, 2.75) is 52.3 Å². The van der Waals surface area contributed by atoms with Crippen LogP contribution in [0.25, 0.3) is 22.0 Å². The van der Waals surface area contributed by atoms with Crippen LogP contribution in [0.2, 0.25) is 0 Å². The van der Waals surface area contributed by atoms with E-state index in [-0.39, 0.29) is 18.1 Å². The zero-order valence-corrected chi connectivity index (χ0v) is 18.5. The van der Waals surface area contributed by atoms with Crippen molar-refractivity contribution in [1.82, 2.24) is 19.2 Å². The van der Waals surface area contributed by atoms with Crippen LogP contribution in [0.3, 0.4) is 0 Å². The van der Waals surface area contributed by atoms with Crippen molar-refractivity contribution in [2.75, 3.05) is 19.7 Å². The second kappa shape index (κ2) is 8.50. The van der Waals surface area contributed by atoms with E-state index in [0.717, 1.165) is 51.1 Å². The number of benzene rings is 1. The topological polar surface area (TPSA) is 52.3 Å². The molecule has 1 aromatic carbocycles. The van der Waals surface area contributed by atoms with E-state index in [0.29, 0.717) is 5.92 Å². The number of amides is 1. The average molecular weight is 421 g/mol. The Balaban J connectivity index is 1.29. The lowest BCUT2D eigenvalue weighted by Crippen LogP contribution is -2.32. The fourth-order valence-corrected chi connectivity index (χ4v) is 4.94. The summed E-state index contributed by atoms with van der Waals surface area (Å²) in [6, 6.07) is 8.84. The molecule has 31 heavy (non-hydrogen) atoms. The van der Waals surface area contributed by atoms with E-state index in [2.05, 4.69) is 46.3 Å². The maximum Gasteiger partial charge on any atom is 0.225 e. The molecule has 2 aliphatic rings. The first-order valence-electron chi connectivity index (χ1n) is 11.6. The van der Waals surface area contributed by atoms with Crippen molar-refractivity contribution in [3.63, 3.8) is 0 Å². The third kappa shape index (κ3) is 4.13. The van der Waals surface area contributed by atoms with E-state index in [1.807, 2.05) is 29.6 Å². The first kappa shape index (κ1) is 20.3. The van der Waals surface area contributed by atoms with E-state index < -0.39 is 0 Å². The highest BCUT2D eigenvalue weighted by Gasteiger charge is 2.27. The highest BCUT2D eigenvalue weighted by Crippen LogP contribution is 2.29. The third-order valence-electron chi connectivity index (χ3n) is 6.70. The van der Waals surface area contributed by atoms with Gasteiger partial charge >= 0.3 is 0 Å². The Bertz CT molecular complexity index is 1060. The summed E-state index contributed by atoms with van der Waals surface area (Å²) in [6.45, 7) is 7.51. The number of ether oxygens (including phenoxy) is 1. The predicted molar refractivity (Wildman–Crippen MR) is 122 cm³/mol. The molecular weight excluding hydrogens is 388 g/mol. The summed E-state index contributed by atoms with van der Waals surface area (Å²) in [5.41, 5.74) is 3.56. The molecule has 2 unspecified atom stereocenters. The Kier molecular flexibility index (Phi) is 5.57. The van der Waals surface area contributed by atoms with Gasteiger partial charge in [0.2, 0.25) is 5.91 Å². The van der Waals surface area contributed by atoms with Gasteiger partial charge in [0, 0.05) is 61.0 Å². The number of hydrogen-bond donors (Lipinski definition) is 0. The number of likely N-dealkylation sites (tertiary alicyclic amines) is 1. The normalized spacial score (nSPS) is 22.0. The van der Waals surface area contributed by atoms with Gasteiger partial charge in [-0.2, -0.15) is 5.10 Å². The molecule has 2 aliphatic heterocycles. The maximum absolute atomic E-state index is 12.3. The smallest absolute Gasteiger partial charge is 0.225 e. The lowest BCUT2D eigenvalue weighted by Gasteiger charge is -2.22. The highest BCUT2D eigenvalue weighted by molar-refractivity contribution is 5.85. The molecule has 0 N–H and O–H groups in total. The second-order valence-corrected chi connectivity index (χ2v) is 9.37. The van der Waals surface area contributed by atoms with Crippen LogP contribution in [0.15, 0.2) is 42.9 Å². The molecule has 0 saturated carbocycles. The molecule has 2 aromatic heterocycles. The van der Waals surface area contributed by atoms with Crippen molar-refractivity contribution < 1.29 is 9.53 Å². The van der Waals surface area contributed by atoms with Gasteiger partial charge in [0.05, 0.1) is 6.20 Å². The van der Waals surface area contributed by atoms with Crippen LogP contribution in [0.5, 0.6) is 0 Å². The van der Waals surface area contributed by atoms with Gasteiger partial charge in [-0.1, -0.05) is 19.9 Å². The summed E-state index contributed by atoms with van der Waals surface area (Å²) < 4.78 is 10.2. The Labute approximate surface area is 183 Å². The molecule has 2 atom stereocenters. The van der Waals surface area contributed by atoms with Gasteiger partial charge < -0.3 is 14.2 Å². The van der Waals surface area contributed by atoms with E-state index in [4.69, 9.17) is 4.74 Å². The summed E-state index contributed by atoms with van der Waals surface area (Å²) in [4.78, 5) is 14.3. The molecule has 6 nitrogen and oxygen atoms in total. The number of carbonyl (C=O) groups is 1. The fraction of sp³-hybridized carbons (Fsp3) is 0.520. The van der Waals surface area contributed by atoms with Crippen LogP contribution in [0.4, 0.5) is 0 Å². The number of fused-ring (bicyclic) bond motifs is 1. The van der Waals surface area contributed by atoms with E-state index in [9.17, 15) is 4.79 Å². The van der Waals surface area contributed by atoms with Crippen LogP contribution in [-0.2, 0) is 16.1 Å². The average Bonchev–Trinajstić information content (AvgIpc) is 3.54. The SMILES string of the molecule is CC(C)C(=O)N1CCC(Cn2ccc3cc(-c4cnn(C5CCCCO5)c4)ccc32)C1. The minimum Gasteiger partial charge on any atom is -0.357 e. The molecule has 0 spiro atoms. The molecule has 5 rings (SSSR count). The molecular formula is C25H32N4O2. The van der Waals surface area contributed by atoms with Gasteiger partial charge in [0.25, 0.3) is 0 Å². The third-order valence-corrected chi connectivity index (χ3v) is 6.70. The summed E-state index contributed by atoms with van der Waals surface area (Å²) >= 11 is 0. The van der Waals surface area contributed by atoms with Crippen LogP contribution in [0.1, 0.15) is 45.8 Å². The second-order valence-electron chi connectivity index (χ2n) is 9.37. The first-order chi connectivity index (χ1) is 15.1. The van der Waals surface area contributed by atoms with Crippen LogP contribution in [-0.4, -0.2) is 44.9 Å². The molecule has 2 saturated heterocycles. The van der Waals surface area contributed by atoms with Crippen LogP contribution < -0.4 is 0 Å². The molecule has 0 radical (unpaired) electrons. The van der Waals surface area contributed by atoms with Gasteiger partial charge in [0.15, 0.2) is 0 Å². The first-order valence-corrected chi connectivity index (χ1v) is 11.6. The molecule has 4 heterocycles. The standard InChI is InChI=1S/C25H32N4O2/c1-18(2)25(30)28-10-8-19(16-28)15-27-11-9-21-13-20(6-7-23(21)27)22-14-26-29(17-22)24-5-3-4-12-31-24/h6-7,9,11,13-14,17-19,24H,3-5,8,10,12,15-16H2,1-2H3. The van der Waals surface area contributed by atoms with Gasteiger partial charge in [-0.3, -0.25) is 4.79 Å². The van der Waals surface area contributed by atoms with Crippen molar-refractivity contribution in [3.05, 3.63) is 42.9 Å². The lowest BCUT2D eigenvalue weighted by atomic mass is 10.1. The zero-order valence-electron chi connectivity index (χ0n) is 18.5. The minimum atomic E-state index is 0.0702. The van der Waals surface area contributed by atoms with Gasteiger partial charge in [-0.05, 0) is 55.4 Å². The lowest BCUT2D eigenvalue weighted by molar-refractivity contribution is -0.133. The Hall–Kier alpha value is -2.60. The zero-order chi connectivity index (χ0) is 21.4. The molecule has 0 aliphatic carbocycles. The largest absolute Gasteiger partial charge is 0.357 e. The van der Waals surface area contributed by atoms with Crippen molar-refractivity contribution in [1.29, 1.82) is 0 Å². The molecule has 3 aromatic rings. The predicted octanol–water partition coefficient (Wildman–Crippen LogP) is 4.71. The summed E-state index contributed by atoms with van der Waals surface area (Å²) in [6.07, 6.45) is 10.8. The van der Waals surface area contributed by atoms with Crippen LogP contribution in [0, 0.1) is 11.8 Å². The minimum absolute atomic E-state index is 0.0702. The Morgan fingerprint density at radius 3 is 2.90 bits per heavy atom. The number of nitrogens with zero attached hydrogens (tertiary/aromatic N) is 4. The quantitative estimate of drug-likeness (QED) is 0.601. The molecule has 0 bridgehead atoms. The number of rotatable bonds is 5. The molecule has 2 fully saturated rings. The van der Waals surface area contributed by atoms with Crippen molar-refractivity contribution in [2.24, 2.45) is 11.8 Å². The van der Waals surface area contributed by atoms with Gasteiger partial charge in [0.1, 0.15) is 6.23 Å². The maximum atomic E-state index is 12.3. The molecule has 1 amide bonds. The Morgan fingerprint density at radius 2 is 2.10 bits per heavy atom. The summed E-state index contributed by atoms with van der Waals surface area (Å²) in [7, 11) is 0. The van der Waals surface area contributed by atoms with Crippen molar-refractivity contribution in [3.8, 4) is 11.1 Å². The van der Waals surface area contributed by atoms with Crippen LogP contribution >= 0.6 is 0 Å². The summed E-state index contributed by atoms with van der Waals surface area (Å²) in [5, 5.41) is 5.80. The molecule has 6 heteroatoms. The highest BCUT2D eigenvalue weighted by atomic mass is 16.5. The van der Waals surface area contributed by atoms with Gasteiger partial charge in [-0.25, -0.2) is 4.68 Å². The summed E-state index contributed by atoms with van der Waals surface area (Å²) in [5.74, 6) is 0.883. The number of aromatic nitrogens is 3.